The van der Waals surface area contributed by atoms with Crippen LogP contribution in [0.4, 0.5) is 0 Å². The van der Waals surface area contributed by atoms with Gasteiger partial charge < -0.3 is 14.6 Å². The fourth-order valence-electron chi connectivity index (χ4n) is 3.17. The van der Waals surface area contributed by atoms with Crippen molar-refractivity contribution >= 4 is 34.1 Å². The van der Waals surface area contributed by atoms with Gasteiger partial charge >= 0.3 is 0 Å². The van der Waals surface area contributed by atoms with Crippen LogP contribution in [0.3, 0.4) is 0 Å². The molecule has 1 fully saturated rings. The van der Waals surface area contributed by atoms with Gasteiger partial charge in [-0.2, -0.15) is 0 Å². The number of para-hydroxylation sites is 1. The van der Waals surface area contributed by atoms with Crippen LogP contribution in [-0.4, -0.2) is 41.3 Å². The van der Waals surface area contributed by atoms with Crippen molar-refractivity contribution in [3.63, 3.8) is 0 Å². The van der Waals surface area contributed by atoms with E-state index in [4.69, 9.17) is 4.42 Å². The molecule has 128 valence electrons. The molecular weight excluding hydrogens is 338 g/mol. The molecule has 1 aliphatic rings. The number of aromatic nitrogens is 1. The van der Waals surface area contributed by atoms with Crippen molar-refractivity contribution in [2.45, 2.75) is 18.9 Å². The Balaban J connectivity index is 1.60. The number of rotatable bonds is 3. The Morgan fingerprint density at radius 2 is 2.20 bits per heavy atom. The fraction of sp³-hybridized carbons (Fsp3) is 0.278. The summed E-state index contributed by atoms with van der Waals surface area (Å²) in [6.07, 6.45) is 1.51. The Kier molecular flexibility index (Phi) is 4.01. The number of fused-ring (bicyclic) bond motifs is 1. The minimum absolute atomic E-state index is 0.126. The first-order valence-corrected chi connectivity index (χ1v) is 9.02. The van der Waals surface area contributed by atoms with Gasteiger partial charge in [-0.15, -0.1) is 11.3 Å². The van der Waals surface area contributed by atoms with Crippen LogP contribution >= 0.6 is 11.3 Å². The minimum atomic E-state index is -0.408. The SMILES string of the molecule is CNC(=O)[C@@H]1CCCN1C(=O)c1csc(-c2cc3ccccc3o2)n1. The van der Waals surface area contributed by atoms with Gasteiger partial charge in [-0.1, -0.05) is 18.2 Å². The first kappa shape index (κ1) is 15.8. The largest absolute Gasteiger partial charge is 0.454 e. The Bertz CT molecular complexity index is 913. The van der Waals surface area contributed by atoms with E-state index in [1.165, 1.54) is 11.3 Å². The molecule has 6 nitrogen and oxygen atoms in total. The molecule has 7 heteroatoms. The highest BCUT2D eigenvalue weighted by atomic mass is 32.1. The van der Waals surface area contributed by atoms with Gasteiger partial charge in [0.1, 0.15) is 17.3 Å². The lowest BCUT2D eigenvalue weighted by molar-refractivity contribution is -0.124. The third-order valence-electron chi connectivity index (χ3n) is 4.42. The molecule has 1 aliphatic heterocycles. The van der Waals surface area contributed by atoms with E-state index in [1.54, 1.807) is 17.3 Å². The summed E-state index contributed by atoms with van der Waals surface area (Å²) >= 11 is 1.37. The summed E-state index contributed by atoms with van der Waals surface area (Å²) in [7, 11) is 1.59. The highest BCUT2D eigenvalue weighted by Crippen LogP contribution is 2.30. The fourth-order valence-corrected chi connectivity index (χ4v) is 3.91. The molecule has 0 bridgehead atoms. The number of furan rings is 1. The van der Waals surface area contributed by atoms with E-state index in [2.05, 4.69) is 10.3 Å². The van der Waals surface area contributed by atoms with Gasteiger partial charge in [-0.3, -0.25) is 9.59 Å². The van der Waals surface area contributed by atoms with Crippen LogP contribution in [0.15, 0.2) is 40.1 Å². The zero-order valence-electron chi connectivity index (χ0n) is 13.7. The predicted octanol–water partition coefficient (Wildman–Crippen LogP) is 2.91. The maximum atomic E-state index is 12.8. The van der Waals surface area contributed by atoms with Crippen molar-refractivity contribution in [2.75, 3.05) is 13.6 Å². The van der Waals surface area contributed by atoms with Crippen LogP contribution in [0, 0.1) is 0 Å². The second kappa shape index (κ2) is 6.33. The van der Waals surface area contributed by atoms with Crippen molar-refractivity contribution in [1.29, 1.82) is 0 Å². The van der Waals surface area contributed by atoms with Gasteiger partial charge in [-0.05, 0) is 25.0 Å². The number of likely N-dealkylation sites (N-methyl/N-ethyl adjacent to an activating group) is 1. The number of carbonyl (C=O) groups is 2. The van der Waals surface area contributed by atoms with Crippen molar-refractivity contribution in [3.8, 4) is 10.8 Å². The molecule has 0 unspecified atom stereocenters. The van der Waals surface area contributed by atoms with Crippen LogP contribution in [-0.2, 0) is 4.79 Å². The van der Waals surface area contributed by atoms with E-state index in [0.717, 1.165) is 17.4 Å². The number of carbonyl (C=O) groups excluding carboxylic acids is 2. The topological polar surface area (TPSA) is 75.4 Å². The lowest BCUT2D eigenvalue weighted by Gasteiger charge is -2.22. The summed E-state index contributed by atoms with van der Waals surface area (Å²) in [6, 6.07) is 9.25. The van der Waals surface area contributed by atoms with E-state index in [-0.39, 0.29) is 11.8 Å². The van der Waals surface area contributed by atoms with Crippen LogP contribution in [0.2, 0.25) is 0 Å². The van der Waals surface area contributed by atoms with Crippen molar-refractivity contribution in [3.05, 3.63) is 41.4 Å². The number of nitrogens with one attached hydrogen (secondary N) is 1. The van der Waals surface area contributed by atoms with E-state index >= 15 is 0 Å². The molecule has 1 saturated heterocycles. The highest BCUT2D eigenvalue weighted by molar-refractivity contribution is 7.13. The Morgan fingerprint density at radius 1 is 1.36 bits per heavy atom. The minimum Gasteiger partial charge on any atom is -0.454 e. The molecule has 0 spiro atoms. The van der Waals surface area contributed by atoms with Crippen LogP contribution in [0.25, 0.3) is 21.7 Å². The molecule has 3 aromatic rings. The molecule has 1 N–H and O–H groups in total. The molecular formula is C18H17N3O3S. The molecule has 4 rings (SSSR count). The highest BCUT2D eigenvalue weighted by Gasteiger charge is 2.35. The molecule has 0 radical (unpaired) electrons. The van der Waals surface area contributed by atoms with E-state index in [1.807, 2.05) is 30.3 Å². The second-order valence-electron chi connectivity index (χ2n) is 5.96. The normalized spacial score (nSPS) is 17.2. The molecule has 2 amide bonds. The molecule has 0 aliphatic carbocycles. The lowest BCUT2D eigenvalue weighted by Crippen LogP contribution is -2.45. The predicted molar refractivity (Wildman–Crippen MR) is 95.4 cm³/mol. The molecule has 1 atom stereocenters. The van der Waals surface area contributed by atoms with Crippen LogP contribution < -0.4 is 5.32 Å². The molecule has 3 heterocycles. The molecule has 25 heavy (non-hydrogen) atoms. The third kappa shape index (κ3) is 2.80. The summed E-state index contributed by atoms with van der Waals surface area (Å²) < 4.78 is 5.81. The first-order valence-electron chi connectivity index (χ1n) is 8.14. The second-order valence-corrected chi connectivity index (χ2v) is 6.82. The van der Waals surface area contributed by atoms with Gasteiger partial charge in [0.15, 0.2) is 10.8 Å². The smallest absolute Gasteiger partial charge is 0.274 e. The number of thiazole rings is 1. The monoisotopic (exact) mass is 355 g/mol. The summed E-state index contributed by atoms with van der Waals surface area (Å²) in [5, 5.41) is 6.01. The first-order chi connectivity index (χ1) is 12.2. The number of hydrogen-bond donors (Lipinski definition) is 1. The standard InChI is InChI=1S/C18H17N3O3S/c1-19-16(22)13-6-4-8-21(13)18(23)12-10-25-17(20-12)15-9-11-5-2-3-7-14(11)24-15/h2-3,5,7,9-10,13H,4,6,8H2,1H3,(H,19,22)/t13-/m0/s1. The maximum absolute atomic E-state index is 12.8. The lowest BCUT2D eigenvalue weighted by atomic mass is 10.2. The summed E-state index contributed by atoms with van der Waals surface area (Å²) in [6.45, 7) is 0.578. The van der Waals surface area contributed by atoms with Gasteiger partial charge in [0.05, 0.1) is 0 Å². The quantitative estimate of drug-likeness (QED) is 0.784. The number of benzene rings is 1. The zero-order chi connectivity index (χ0) is 17.4. The molecule has 2 aromatic heterocycles. The number of amides is 2. The van der Waals surface area contributed by atoms with Crippen molar-refractivity contribution in [1.82, 2.24) is 15.2 Å². The Hall–Kier alpha value is -2.67. The molecule has 0 saturated carbocycles. The van der Waals surface area contributed by atoms with E-state index in [0.29, 0.717) is 29.4 Å². The third-order valence-corrected chi connectivity index (χ3v) is 5.28. The van der Waals surface area contributed by atoms with E-state index in [9.17, 15) is 9.59 Å². The number of nitrogens with zero attached hydrogens (tertiary/aromatic N) is 2. The average Bonchev–Trinajstić information content (AvgIpc) is 3.38. The summed E-state index contributed by atoms with van der Waals surface area (Å²) in [5.74, 6) is 0.317. The summed E-state index contributed by atoms with van der Waals surface area (Å²) in [5.41, 5.74) is 1.15. The number of likely N-dealkylation sites (tertiary alicyclic amines) is 1. The van der Waals surface area contributed by atoms with Crippen LogP contribution in [0.5, 0.6) is 0 Å². The van der Waals surface area contributed by atoms with Crippen LogP contribution in [0.1, 0.15) is 23.3 Å². The van der Waals surface area contributed by atoms with Crippen molar-refractivity contribution < 1.29 is 14.0 Å². The average molecular weight is 355 g/mol. The Labute approximate surface area is 148 Å². The molecule has 1 aromatic carbocycles. The summed E-state index contributed by atoms with van der Waals surface area (Å²) in [4.78, 5) is 30.8. The zero-order valence-corrected chi connectivity index (χ0v) is 14.5. The van der Waals surface area contributed by atoms with Crippen molar-refractivity contribution in [2.24, 2.45) is 0 Å². The maximum Gasteiger partial charge on any atom is 0.274 e. The van der Waals surface area contributed by atoms with Gasteiger partial charge in [0.2, 0.25) is 5.91 Å². The van der Waals surface area contributed by atoms with Gasteiger partial charge in [-0.25, -0.2) is 4.98 Å². The van der Waals surface area contributed by atoms with E-state index < -0.39 is 6.04 Å². The van der Waals surface area contributed by atoms with Gasteiger partial charge in [0.25, 0.3) is 5.91 Å². The van der Waals surface area contributed by atoms with Gasteiger partial charge in [0, 0.05) is 24.4 Å². The Morgan fingerprint density at radius 3 is 3.00 bits per heavy atom. The number of hydrogen-bond acceptors (Lipinski definition) is 5.